The highest BCUT2D eigenvalue weighted by atomic mass is 35.5. The molecule has 19 heavy (non-hydrogen) atoms. The number of nitrogens with one attached hydrogen (secondary N) is 1. The van der Waals surface area contributed by atoms with Crippen LogP contribution in [-0.4, -0.2) is 29.3 Å². The first-order chi connectivity index (χ1) is 8.93. The lowest BCUT2D eigenvalue weighted by Gasteiger charge is -2.15. The number of hydrogen-bond donors (Lipinski definition) is 3. The number of rotatable bonds is 6. The van der Waals surface area contributed by atoms with Crippen molar-refractivity contribution >= 4 is 29.1 Å². The number of amides is 1. The van der Waals surface area contributed by atoms with Crippen molar-refractivity contribution in [1.82, 2.24) is 5.32 Å². The normalized spacial score (nSPS) is 13.9. The van der Waals surface area contributed by atoms with E-state index in [0.29, 0.717) is 28.6 Å². The summed E-state index contributed by atoms with van der Waals surface area (Å²) in [5.41, 5.74) is 0.352. The van der Waals surface area contributed by atoms with Gasteiger partial charge in [0, 0.05) is 23.2 Å². The maximum atomic E-state index is 11.8. The van der Waals surface area contributed by atoms with Crippen LogP contribution in [0.3, 0.4) is 0 Å². The smallest absolute Gasteiger partial charge is 0.253 e. The highest BCUT2D eigenvalue weighted by Gasteiger charge is 2.18. The zero-order valence-corrected chi connectivity index (χ0v) is 12.1. The van der Waals surface area contributed by atoms with Gasteiger partial charge < -0.3 is 15.5 Å². The molecule has 3 N–H and O–H groups in total. The van der Waals surface area contributed by atoms with E-state index >= 15 is 0 Å². The average molecular weight is 306 g/mol. The van der Waals surface area contributed by atoms with Crippen LogP contribution in [0.4, 0.5) is 0 Å². The Hall–Kier alpha value is -0.810. The second-order valence-electron chi connectivity index (χ2n) is 4.47. The SMILES string of the molecule is CC(CCO)CNC(=O)C(O)c1cc(Cl)cc(Cl)c1. The van der Waals surface area contributed by atoms with E-state index in [2.05, 4.69) is 5.32 Å². The first-order valence-electron chi connectivity index (χ1n) is 5.96. The predicted octanol–water partition coefficient (Wildman–Crippen LogP) is 2.16. The molecule has 106 valence electrons. The third-order valence-corrected chi connectivity index (χ3v) is 3.13. The maximum Gasteiger partial charge on any atom is 0.253 e. The van der Waals surface area contributed by atoms with Crippen LogP contribution < -0.4 is 5.32 Å². The van der Waals surface area contributed by atoms with E-state index in [9.17, 15) is 9.90 Å². The Bertz CT molecular complexity index is 420. The standard InChI is InChI=1S/C13H17Cl2NO3/c1-8(2-3-17)7-16-13(19)12(18)9-4-10(14)6-11(15)5-9/h4-6,8,12,17-18H,2-3,7H2,1H3,(H,16,19). The fourth-order valence-electron chi connectivity index (χ4n) is 1.58. The summed E-state index contributed by atoms with van der Waals surface area (Å²) >= 11 is 11.6. The quantitative estimate of drug-likeness (QED) is 0.754. The lowest BCUT2D eigenvalue weighted by Crippen LogP contribution is -2.33. The molecule has 0 heterocycles. The maximum absolute atomic E-state index is 11.8. The van der Waals surface area contributed by atoms with Gasteiger partial charge in [0.05, 0.1) is 0 Å². The molecule has 6 heteroatoms. The molecular weight excluding hydrogens is 289 g/mol. The molecule has 0 saturated carbocycles. The fraction of sp³-hybridized carbons (Fsp3) is 0.462. The van der Waals surface area contributed by atoms with Crippen LogP contribution in [0.5, 0.6) is 0 Å². The van der Waals surface area contributed by atoms with Crippen LogP contribution in [0.25, 0.3) is 0 Å². The van der Waals surface area contributed by atoms with E-state index in [-0.39, 0.29) is 12.5 Å². The Morgan fingerprint density at radius 2 is 1.89 bits per heavy atom. The first kappa shape index (κ1) is 16.2. The molecule has 0 aromatic heterocycles. The minimum atomic E-state index is -1.31. The highest BCUT2D eigenvalue weighted by Crippen LogP contribution is 2.23. The minimum Gasteiger partial charge on any atom is -0.396 e. The summed E-state index contributed by atoms with van der Waals surface area (Å²) in [6.45, 7) is 2.37. The summed E-state index contributed by atoms with van der Waals surface area (Å²) in [5, 5.41) is 22.0. The number of halogens is 2. The molecule has 0 bridgehead atoms. The van der Waals surface area contributed by atoms with Gasteiger partial charge in [0.2, 0.25) is 0 Å². The van der Waals surface area contributed by atoms with Gasteiger partial charge in [-0.15, -0.1) is 0 Å². The number of aliphatic hydroxyl groups is 2. The van der Waals surface area contributed by atoms with Crippen molar-refractivity contribution in [3.63, 3.8) is 0 Å². The summed E-state index contributed by atoms with van der Waals surface area (Å²) in [7, 11) is 0. The zero-order chi connectivity index (χ0) is 14.4. The molecule has 0 spiro atoms. The first-order valence-corrected chi connectivity index (χ1v) is 6.72. The van der Waals surface area contributed by atoms with Crippen molar-refractivity contribution in [2.24, 2.45) is 5.92 Å². The van der Waals surface area contributed by atoms with Crippen molar-refractivity contribution in [2.75, 3.05) is 13.2 Å². The lowest BCUT2D eigenvalue weighted by molar-refractivity contribution is -0.129. The molecule has 0 aliphatic rings. The molecule has 0 saturated heterocycles. The van der Waals surface area contributed by atoms with E-state index in [1.54, 1.807) is 0 Å². The van der Waals surface area contributed by atoms with E-state index in [0.717, 1.165) is 0 Å². The zero-order valence-electron chi connectivity index (χ0n) is 10.6. The van der Waals surface area contributed by atoms with Crippen molar-refractivity contribution in [2.45, 2.75) is 19.4 Å². The predicted molar refractivity (Wildman–Crippen MR) is 75.3 cm³/mol. The van der Waals surface area contributed by atoms with Gasteiger partial charge in [-0.2, -0.15) is 0 Å². The summed E-state index contributed by atoms with van der Waals surface area (Å²) in [6, 6.07) is 4.52. The summed E-state index contributed by atoms with van der Waals surface area (Å²) in [4.78, 5) is 11.8. The Kier molecular flexibility index (Phi) is 6.58. The van der Waals surface area contributed by atoms with Gasteiger partial charge in [0.25, 0.3) is 5.91 Å². The number of hydrogen-bond acceptors (Lipinski definition) is 3. The molecule has 0 radical (unpaired) electrons. The third-order valence-electron chi connectivity index (χ3n) is 2.70. The van der Waals surface area contributed by atoms with E-state index in [4.69, 9.17) is 28.3 Å². The number of benzene rings is 1. The molecule has 0 aliphatic carbocycles. The molecular formula is C13H17Cl2NO3. The van der Waals surface area contributed by atoms with Crippen LogP contribution in [0, 0.1) is 5.92 Å². The highest BCUT2D eigenvalue weighted by molar-refractivity contribution is 6.34. The monoisotopic (exact) mass is 305 g/mol. The van der Waals surface area contributed by atoms with Gasteiger partial charge in [-0.1, -0.05) is 30.1 Å². The molecule has 0 aliphatic heterocycles. The molecule has 1 rings (SSSR count). The van der Waals surface area contributed by atoms with Crippen molar-refractivity contribution in [3.05, 3.63) is 33.8 Å². The van der Waals surface area contributed by atoms with E-state index in [1.807, 2.05) is 6.92 Å². The molecule has 1 aromatic rings. The average Bonchev–Trinajstić information content (AvgIpc) is 2.34. The Morgan fingerprint density at radius 3 is 2.42 bits per heavy atom. The summed E-state index contributed by atoms with van der Waals surface area (Å²) < 4.78 is 0. The van der Waals surface area contributed by atoms with Gasteiger partial charge in [-0.3, -0.25) is 4.79 Å². The largest absolute Gasteiger partial charge is 0.396 e. The number of aliphatic hydroxyl groups excluding tert-OH is 2. The third kappa shape index (κ3) is 5.37. The van der Waals surface area contributed by atoms with Crippen molar-refractivity contribution in [3.8, 4) is 0 Å². The lowest BCUT2D eigenvalue weighted by atomic mass is 10.1. The molecule has 2 atom stereocenters. The number of carbonyl (C=O) groups excluding carboxylic acids is 1. The van der Waals surface area contributed by atoms with Gasteiger partial charge in [0.1, 0.15) is 0 Å². The molecule has 1 aromatic carbocycles. The summed E-state index contributed by atoms with van der Waals surface area (Å²) in [6.07, 6.45) is -0.711. The second-order valence-corrected chi connectivity index (χ2v) is 5.34. The van der Waals surface area contributed by atoms with E-state index in [1.165, 1.54) is 18.2 Å². The van der Waals surface area contributed by atoms with Gasteiger partial charge in [-0.05, 0) is 36.1 Å². The van der Waals surface area contributed by atoms with E-state index < -0.39 is 12.0 Å². The van der Waals surface area contributed by atoms with Gasteiger partial charge in [-0.25, -0.2) is 0 Å². The van der Waals surface area contributed by atoms with Gasteiger partial charge >= 0.3 is 0 Å². The molecule has 2 unspecified atom stereocenters. The molecule has 1 amide bonds. The summed E-state index contributed by atoms with van der Waals surface area (Å²) in [5.74, 6) is -0.368. The molecule has 4 nitrogen and oxygen atoms in total. The Labute approximate surface area is 122 Å². The van der Waals surface area contributed by atoms with Crippen LogP contribution in [0.1, 0.15) is 25.0 Å². The Morgan fingerprint density at radius 1 is 1.32 bits per heavy atom. The van der Waals surface area contributed by atoms with Crippen LogP contribution in [0.2, 0.25) is 10.0 Å². The van der Waals surface area contributed by atoms with Crippen molar-refractivity contribution < 1.29 is 15.0 Å². The topological polar surface area (TPSA) is 69.6 Å². The van der Waals surface area contributed by atoms with Gasteiger partial charge in [0.15, 0.2) is 6.10 Å². The molecule has 0 fully saturated rings. The van der Waals surface area contributed by atoms with Crippen LogP contribution in [0.15, 0.2) is 18.2 Å². The minimum absolute atomic E-state index is 0.0729. The van der Waals surface area contributed by atoms with Crippen LogP contribution >= 0.6 is 23.2 Å². The number of carbonyl (C=O) groups is 1. The Balaban J connectivity index is 2.61. The van der Waals surface area contributed by atoms with Crippen molar-refractivity contribution in [1.29, 1.82) is 0 Å². The van der Waals surface area contributed by atoms with Crippen LogP contribution in [-0.2, 0) is 4.79 Å². The fourth-order valence-corrected chi connectivity index (χ4v) is 2.12. The second kappa shape index (κ2) is 7.70.